The third-order valence-corrected chi connectivity index (χ3v) is 6.95. The van der Waals surface area contributed by atoms with Crippen LogP contribution in [0.3, 0.4) is 0 Å². The second kappa shape index (κ2) is 11.3. The van der Waals surface area contributed by atoms with Crippen LogP contribution < -0.4 is 16.0 Å². The van der Waals surface area contributed by atoms with Crippen molar-refractivity contribution in [3.8, 4) is 0 Å². The van der Waals surface area contributed by atoms with Crippen LogP contribution in [0.4, 0.5) is 16.2 Å². The maximum atomic E-state index is 12.6. The lowest BCUT2D eigenvalue weighted by Crippen LogP contribution is -2.35. The summed E-state index contributed by atoms with van der Waals surface area (Å²) in [6, 6.07) is 14.3. The number of thioether (sulfide) groups is 1. The number of ether oxygens (including phenoxy) is 1. The number of aryl methyl sites for hydroxylation is 1. The average molecular weight is 483 g/mol. The number of amides is 3. The molecular formula is C24H26N4O3S2. The molecule has 0 saturated carbocycles. The molecule has 1 atom stereocenters. The van der Waals surface area contributed by atoms with E-state index in [-0.39, 0.29) is 18.0 Å². The van der Waals surface area contributed by atoms with Crippen LogP contribution in [0, 0.1) is 6.92 Å². The lowest BCUT2D eigenvalue weighted by atomic mass is 10.2. The van der Waals surface area contributed by atoms with Crippen LogP contribution in [0.2, 0.25) is 0 Å². The van der Waals surface area contributed by atoms with Crippen molar-refractivity contribution in [2.24, 2.45) is 0 Å². The molecule has 33 heavy (non-hydrogen) atoms. The summed E-state index contributed by atoms with van der Waals surface area (Å²) in [5, 5.41) is 11.6. The first kappa shape index (κ1) is 23.3. The number of hydrogen-bond donors (Lipinski definition) is 3. The molecule has 1 saturated heterocycles. The number of benzene rings is 2. The molecule has 1 unspecified atom stereocenters. The lowest BCUT2D eigenvalue weighted by Gasteiger charge is -2.12. The molecule has 0 bridgehead atoms. The molecule has 9 heteroatoms. The van der Waals surface area contributed by atoms with Crippen molar-refractivity contribution in [1.29, 1.82) is 0 Å². The smallest absolute Gasteiger partial charge is 0.319 e. The van der Waals surface area contributed by atoms with Gasteiger partial charge in [-0.25, -0.2) is 9.78 Å². The number of urea groups is 1. The largest absolute Gasteiger partial charge is 0.376 e. The number of rotatable bonds is 8. The maximum absolute atomic E-state index is 12.6. The molecule has 4 rings (SSSR count). The van der Waals surface area contributed by atoms with Gasteiger partial charge in [0.1, 0.15) is 0 Å². The Balaban J connectivity index is 1.23. The van der Waals surface area contributed by atoms with Crippen molar-refractivity contribution >= 4 is 46.4 Å². The van der Waals surface area contributed by atoms with Crippen LogP contribution in [-0.4, -0.2) is 36.2 Å². The number of aromatic nitrogens is 1. The van der Waals surface area contributed by atoms with Gasteiger partial charge in [0, 0.05) is 46.1 Å². The number of hydrogen-bond acceptors (Lipinski definition) is 6. The predicted molar refractivity (Wildman–Crippen MR) is 133 cm³/mol. The molecule has 1 aromatic heterocycles. The minimum atomic E-state index is -0.273. The monoisotopic (exact) mass is 482 g/mol. The lowest BCUT2D eigenvalue weighted by molar-refractivity contribution is 0.102. The molecule has 3 N–H and O–H groups in total. The van der Waals surface area contributed by atoms with Gasteiger partial charge in [-0.05, 0) is 68.3 Å². The molecule has 3 amide bonds. The predicted octanol–water partition coefficient (Wildman–Crippen LogP) is 5.30. The Morgan fingerprint density at radius 3 is 2.45 bits per heavy atom. The van der Waals surface area contributed by atoms with E-state index in [1.165, 1.54) is 0 Å². The number of thiazole rings is 1. The highest BCUT2D eigenvalue weighted by molar-refractivity contribution is 7.98. The Labute approximate surface area is 201 Å². The summed E-state index contributed by atoms with van der Waals surface area (Å²) in [6.07, 6.45) is 2.11. The SMILES string of the molecule is Cc1nc(CSc2ccc(C(=O)Nc3ccc(NC(=O)NCC4CCCO4)cc3)cc2)cs1. The zero-order valence-electron chi connectivity index (χ0n) is 18.3. The Morgan fingerprint density at radius 2 is 1.82 bits per heavy atom. The second-order valence-electron chi connectivity index (χ2n) is 7.67. The standard InChI is InChI=1S/C24H26N4O3S2/c1-16-26-20(14-32-16)15-33-22-10-4-17(5-11-22)23(29)27-18-6-8-19(9-7-18)28-24(30)25-13-21-3-2-12-31-21/h4-11,14,21H,2-3,12-13,15H2,1H3,(H,27,29)(H2,25,28,30). The van der Waals surface area contributed by atoms with Crippen LogP contribution in [-0.2, 0) is 10.5 Å². The third-order valence-electron chi connectivity index (χ3n) is 5.08. The first-order chi connectivity index (χ1) is 16.0. The van der Waals surface area contributed by atoms with Gasteiger partial charge in [0.25, 0.3) is 5.91 Å². The van der Waals surface area contributed by atoms with E-state index in [1.54, 1.807) is 47.4 Å². The van der Waals surface area contributed by atoms with Crippen LogP contribution >= 0.6 is 23.1 Å². The van der Waals surface area contributed by atoms with Gasteiger partial charge in [-0.3, -0.25) is 4.79 Å². The first-order valence-electron chi connectivity index (χ1n) is 10.8. The fourth-order valence-electron chi connectivity index (χ4n) is 3.36. The summed E-state index contributed by atoms with van der Waals surface area (Å²) in [6.45, 7) is 3.26. The van der Waals surface area contributed by atoms with Gasteiger partial charge >= 0.3 is 6.03 Å². The molecule has 1 aliphatic rings. The summed E-state index contributed by atoms with van der Waals surface area (Å²) in [5.74, 6) is 0.625. The van der Waals surface area contributed by atoms with E-state index < -0.39 is 0 Å². The number of carbonyl (C=O) groups excluding carboxylic acids is 2. The fraction of sp³-hybridized carbons (Fsp3) is 0.292. The van der Waals surface area contributed by atoms with E-state index in [0.717, 1.165) is 40.8 Å². The van der Waals surface area contributed by atoms with E-state index in [9.17, 15) is 9.59 Å². The maximum Gasteiger partial charge on any atom is 0.319 e. The van der Waals surface area contributed by atoms with Crippen LogP contribution in [0.5, 0.6) is 0 Å². The highest BCUT2D eigenvalue weighted by Gasteiger charge is 2.16. The van der Waals surface area contributed by atoms with Gasteiger partial charge < -0.3 is 20.7 Å². The van der Waals surface area contributed by atoms with Crippen molar-refractivity contribution in [2.75, 3.05) is 23.8 Å². The van der Waals surface area contributed by atoms with Crippen LogP contribution in [0.1, 0.15) is 33.9 Å². The Morgan fingerprint density at radius 1 is 1.09 bits per heavy atom. The van der Waals surface area contributed by atoms with Gasteiger partial charge in [0.05, 0.1) is 16.8 Å². The number of anilines is 2. The Kier molecular flexibility index (Phi) is 7.98. The van der Waals surface area contributed by atoms with Crippen LogP contribution in [0.15, 0.2) is 58.8 Å². The highest BCUT2D eigenvalue weighted by Crippen LogP contribution is 2.24. The zero-order chi connectivity index (χ0) is 23.0. The Hall–Kier alpha value is -2.88. The molecule has 7 nitrogen and oxygen atoms in total. The van der Waals surface area contributed by atoms with E-state index in [1.807, 2.05) is 31.2 Å². The molecule has 1 fully saturated rings. The van der Waals surface area contributed by atoms with Gasteiger partial charge in [-0.15, -0.1) is 23.1 Å². The minimum absolute atomic E-state index is 0.100. The molecule has 2 heterocycles. The van der Waals surface area contributed by atoms with Crippen molar-refractivity contribution < 1.29 is 14.3 Å². The van der Waals surface area contributed by atoms with Gasteiger partial charge in [0.15, 0.2) is 0 Å². The zero-order valence-corrected chi connectivity index (χ0v) is 19.9. The van der Waals surface area contributed by atoms with Crippen molar-refractivity contribution in [2.45, 2.75) is 36.5 Å². The van der Waals surface area contributed by atoms with Crippen molar-refractivity contribution in [3.63, 3.8) is 0 Å². The van der Waals surface area contributed by atoms with Crippen molar-refractivity contribution in [1.82, 2.24) is 10.3 Å². The average Bonchev–Trinajstić information content (AvgIpc) is 3.49. The summed E-state index contributed by atoms with van der Waals surface area (Å²) in [5.41, 5.74) is 2.96. The first-order valence-corrected chi connectivity index (χ1v) is 12.6. The minimum Gasteiger partial charge on any atom is -0.376 e. The van der Waals surface area contributed by atoms with E-state index in [2.05, 4.69) is 26.3 Å². The summed E-state index contributed by atoms with van der Waals surface area (Å²) < 4.78 is 5.49. The molecule has 172 valence electrons. The van der Waals surface area contributed by atoms with E-state index >= 15 is 0 Å². The number of nitrogens with one attached hydrogen (secondary N) is 3. The summed E-state index contributed by atoms with van der Waals surface area (Å²) in [4.78, 5) is 30.1. The molecular weight excluding hydrogens is 456 g/mol. The second-order valence-corrected chi connectivity index (χ2v) is 9.78. The Bertz CT molecular complexity index is 1080. The molecule has 3 aromatic rings. The molecule has 2 aromatic carbocycles. The molecule has 0 aliphatic carbocycles. The van der Waals surface area contributed by atoms with Gasteiger partial charge in [-0.1, -0.05) is 0 Å². The van der Waals surface area contributed by atoms with E-state index in [0.29, 0.717) is 23.5 Å². The highest BCUT2D eigenvalue weighted by atomic mass is 32.2. The van der Waals surface area contributed by atoms with Gasteiger partial charge in [0.2, 0.25) is 0 Å². The molecule has 0 radical (unpaired) electrons. The van der Waals surface area contributed by atoms with Crippen molar-refractivity contribution in [3.05, 3.63) is 70.2 Å². The molecule has 1 aliphatic heterocycles. The third kappa shape index (κ3) is 7.05. The summed E-state index contributed by atoms with van der Waals surface area (Å²) >= 11 is 3.35. The normalized spacial score (nSPS) is 15.2. The van der Waals surface area contributed by atoms with Crippen LogP contribution in [0.25, 0.3) is 0 Å². The number of nitrogens with zero attached hydrogens (tertiary/aromatic N) is 1. The number of carbonyl (C=O) groups is 2. The topological polar surface area (TPSA) is 92.4 Å². The fourth-order valence-corrected chi connectivity index (χ4v) is 4.87. The summed E-state index contributed by atoms with van der Waals surface area (Å²) in [7, 11) is 0. The van der Waals surface area contributed by atoms with Gasteiger partial charge in [-0.2, -0.15) is 0 Å². The van der Waals surface area contributed by atoms with E-state index in [4.69, 9.17) is 4.74 Å². The molecule has 0 spiro atoms. The quantitative estimate of drug-likeness (QED) is 0.379.